The van der Waals surface area contributed by atoms with E-state index in [9.17, 15) is 4.79 Å². The van der Waals surface area contributed by atoms with Crippen molar-refractivity contribution in [3.63, 3.8) is 0 Å². The molecule has 0 radical (unpaired) electrons. The molecule has 3 rings (SSSR count). The van der Waals surface area contributed by atoms with Gasteiger partial charge in [0.15, 0.2) is 5.88 Å². The second-order valence-electron chi connectivity index (χ2n) is 9.41. The van der Waals surface area contributed by atoms with Crippen LogP contribution in [-0.4, -0.2) is 17.9 Å². The number of carbonyl (C=O) groups is 1. The zero-order chi connectivity index (χ0) is 26.6. The smallest absolute Gasteiger partial charge is 0.257 e. The number of hydrogen-bond acceptors (Lipinski definition) is 4. The zero-order valence-electron chi connectivity index (χ0n) is 22.6. The van der Waals surface area contributed by atoms with E-state index in [-0.39, 0.29) is 11.3 Å². The van der Waals surface area contributed by atoms with E-state index in [0.717, 1.165) is 36.2 Å². The number of benzene rings is 1. The van der Waals surface area contributed by atoms with Gasteiger partial charge in [0, 0.05) is 24.9 Å². The Balaban J connectivity index is 0.000000395. The first kappa shape index (κ1) is 29.5. The third-order valence-corrected chi connectivity index (χ3v) is 5.61. The Labute approximate surface area is 211 Å². The summed E-state index contributed by atoms with van der Waals surface area (Å²) < 4.78 is 5.44. The molecule has 0 aliphatic carbocycles. The van der Waals surface area contributed by atoms with Crippen LogP contribution in [0.5, 0.6) is 0 Å². The van der Waals surface area contributed by atoms with E-state index in [4.69, 9.17) is 4.42 Å². The maximum absolute atomic E-state index is 12.3. The average Bonchev–Trinajstić information content (AvgIpc) is 3.31. The summed E-state index contributed by atoms with van der Waals surface area (Å²) in [5.41, 5.74) is 6.69. The molecule has 2 heterocycles. The standard InChI is InChI=1S/C19H25NO2.C9H14N2.C2H2/c1-6-7-14-8-9-15(10-13(14)2)18(21)20-17-11-16(12-22-17)19(3,4)5;1-4-8-5-7(2)9(10-3)11-6-8;1-2/h8-12H,6-7H2,1-5H3,(H,20,21);5-6H,4H2,1-3H3,(H,10,11);1-2H. The second-order valence-corrected chi connectivity index (χ2v) is 9.41. The molecule has 0 spiro atoms. The quantitative estimate of drug-likeness (QED) is 0.366. The molecule has 2 aromatic heterocycles. The molecule has 0 fully saturated rings. The number of amides is 1. The van der Waals surface area contributed by atoms with Crippen LogP contribution in [0.4, 0.5) is 11.7 Å². The number of carbonyl (C=O) groups excluding carboxylic acids is 1. The molecular formula is C30H41N3O2. The van der Waals surface area contributed by atoms with Gasteiger partial charge in [-0.25, -0.2) is 4.98 Å². The van der Waals surface area contributed by atoms with Crippen LogP contribution in [0.15, 0.2) is 47.2 Å². The molecule has 2 N–H and O–H groups in total. The molecule has 0 saturated heterocycles. The van der Waals surface area contributed by atoms with Gasteiger partial charge in [-0.05, 0) is 72.1 Å². The summed E-state index contributed by atoms with van der Waals surface area (Å²) in [6.07, 6.45) is 14.8. The number of terminal acetylenes is 1. The predicted octanol–water partition coefficient (Wildman–Crippen LogP) is 7.33. The Bertz CT molecular complexity index is 1100. The van der Waals surface area contributed by atoms with Gasteiger partial charge in [-0.2, -0.15) is 0 Å². The van der Waals surface area contributed by atoms with Crippen molar-refractivity contribution in [1.82, 2.24) is 4.98 Å². The molecule has 0 aliphatic heterocycles. The van der Waals surface area contributed by atoms with Crippen LogP contribution in [0.3, 0.4) is 0 Å². The molecule has 0 unspecified atom stereocenters. The SMILES string of the molecule is C#C.CCCc1ccc(C(=O)Nc2cc(C(C)(C)C)co2)cc1C.CCc1cnc(NC)c(C)c1. The maximum Gasteiger partial charge on any atom is 0.257 e. The lowest BCUT2D eigenvalue weighted by molar-refractivity contribution is 0.102. The number of nitrogens with one attached hydrogen (secondary N) is 2. The van der Waals surface area contributed by atoms with Crippen LogP contribution in [0.1, 0.15) is 79.2 Å². The van der Waals surface area contributed by atoms with Crippen molar-refractivity contribution in [1.29, 1.82) is 0 Å². The molecule has 35 heavy (non-hydrogen) atoms. The van der Waals surface area contributed by atoms with Crippen molar-refractivity contribution < 1.29 is 9.21 Å². The summed E-state index contributed by atoms with van der Waals surface area (Å²) >= 11 is 0. The monoisotopic (exact) mass is 475 g/mol. The van der Waals surface area contributed by atoms with Crippen molar-refractivity contribution in [3.8, 4) is 12.8 Å². The third kappa shape index (κ3) is 8.98. The van der Waals surface area contributed by atoms with E-state index >= 15 is 0 Å². The largest absolute Gasteiger partial charge is 0.448 e. The van der Waals surface area contributed by atoms with E-state index < -0.39 is 0 Å². The molecule has 1 amide bonds. The van der Waals surface area contributed by atoms with Gasteiger partial charge < -0.3 is 9.73 Å². The van der Waals surface area contributed by atoms with Crippen LogP contribution in [0.25, 0.3) is 0 Å². The molecule has 3 aromatic rings. The van der Waals surface area contributed by atoms with Crippen LogP contribution in [0.2, 0.25) is 0 Å². The minimum Gasteiger partial charge on any atom is -0.448 e. The minimum atomic E-state index is -0.138. The Kier molecular flexibility index (Phi) is 11.8. The Hall–Kier alpha value is -3.52. The van der Waals surface area contributed by atoms with E-state index in [1.54, 1.807) is 6.26 Å². The van der Waals surface area contributed by atoms with Crippen molar-refractivity contribution in [2.75, 3.05) is 17.7 Å². The first-order valence-electron chi connectivity index (χ1n) is 12.1. The van der Waals surface area contributed by atoms with Crippen LogP contribution in [0, 0.1) is 26.7 Å². The predicted molar refractivity (Wildman–Crippen MR) is 148 cm³/mol. The van der Waals surface area contributed by atoms with Gasteiger partial charge >= 0.3 is 0 Å². The highest BCUT2D eigenvalue weighted by Crippen LogP contribution is 2.26. The Morgan fingerprint density at radius 3 is 2.23 bits per heavy atom. The summed E-state index contributed by atoms with van der Waals surface area (Å²) in [6, 6.07) is 9.90. The van der Waals surface area contributed by atoms with Gasteiger partial charge in [0.2, 0.25) is 0 Å². The van der Waals surface area contributed by atoms with E-state index in [0.29, 0.717) is 11.4 Å². The van der Waals surface area contributed by atoms with Gasteiger partial charge in [-0.1, -0.05) is 53.2 Å². The maximum atomic E-state index is 12.3. The molecule has 1 aromatic carbocycles. The highest BCUT2D eigenvalue weighted by atomic mass is 16.3. The molecule has 0 saturated carbocycles. The van der Waals surface area contributed by atoms with Gasteiger partial charge in [-0.15, -0.1) is 12.8 Å². The van der Waals surface area contributed by atoms with Crippen molar-refractivity contribution in [3.05, 3.63) is 76.2 Å². The van der Waals surface area contributed by atoms with Gasteiger partial charge in [0.1, 0.15) is 5.82 Å². The Morgan fingerprint density at radius 1 is 1.06 bits per heavy atom. The van der Waals surface area contributed by atoms with E-state index in [1.165, 1.54) is 16.7 Å². The number of pyridine rings is 1. The first-order valence-corrected chi connectivity index (χ1v) is 12.1. The third-order valence-electron chi connectivity index (χ3n) is 5.61. The molecule has 5 heteroatoms. The number of furan rings is 1. The fourth-order valence-corrected chi connectivity index (χ4v) is 3.45. The van der Waals surface area contributed by atoms with Gasteiger partial charge in [0.05, 0.1) is 6.26 Å². The number of anilines is 2. The number of aryl methyl sites for hydroxylation is 4. The lowest BCUT2D eigenvalue weighted by Crippen LogP contribution is -2.12. The second kappa shape index (κ2) is 14.0. The number of aromatic nitrogens is 1. The fraction of sp³-hybridized carbons (Fsp3) is 0.400. The summed E-state index contributed by atoms with van der Waals surface area (Å²) in [7, 11) is 1.89. The van der Waals surface area contributed by atoms with Gasteiger partial charge in [-0.3, -0.25) is 10.1 Å². The van der Waals surface area contributed by atoms with Crippen molar-refractivity contribution in [2.24, 2.45) is 0 Å². The number of rotatable bonds is 6. The summed E-state index contributed by atoms with van der Waals surface area (Å²) in [5.74, 6) is 1.33. The molecule has 0 aliphatic rings. The summed E-state index contributed by atoms with van der Waals surface area (Å²) in [4.78, 5) is 16.6. The van der Waals surface area contributed by atoms with Gasteiger partial charge in [0.25, 0.3) is 5.91 Å². The lowest BCUT2D eigenvalue weighted by Gasteiger charge is -2.14. The van der Waals surface area contributed by atoms with Crippen LogP contribution >= 0.6 is 0 Å². The Morgan fingerprint density at radius 2 is 1.74 bits per heavy atom. The van der Waals surface area contributed by atoms with E-state index in [2.05, 4.69) is 76.1 Å². The first-order chi connectivity index (χ1) is 16.6. The molecule has 5 nitrogen and oxygen atoms in total. The lowest BCUT2D eigenvalue weighted by atomic mass is 9.89. The molecule has 188 valence electrons. The molecule has 0 atom stereocenters. The molecule has 0 bridgehead atoms. The summed E-state index contributed by atoms with van der Waals surface area (Å²) in [6.45, 7) is 14.7. The summed E-state index contributed by atoms with van der Waals surface area (Å²) in [5, 5.41) is 5.86. The van der Waals surface area contributed by atoms with E-state index in [1.807, 2.05) is 44.4 Å². The normalized spacial score (nSPS) is 10.3. The topological polar surface area (TPSA) is 67.2 Å². The van der Waals surface area contributed by atoms with Crippen molar-refractivity contribution in [2.45, 2.75) is 73.1 Å². The number of hydrogen-bond donors (Lipinski definition) is 2. The fourth-order valence-electron chi connectivity index (χ4n) is 3.45. The highest BCUT2D eigenvalue weighted by molar-refractivity contribution is 6.03. The van der Waals surface area contributed by atoms with Crippen LogP contribution < -0.4 is 10.6 Å². The van der Waals surface area contributed by atoms with Crippen LogP contribution in [-0.2, 0) is 18.3 Å². The average molecular weight is 476 g/mol. The minimum absolute atomic E-state index is 0.00483. The van der Waals surface area contributed by atoms with Crippen molar-refractivity contribution >= 4 is 17.6 Å². The molecular weight excluding hydrogens is 434 g/mol. The number of nitrogens with zero attached hydrogens (tertiary/aromatic N) is 1. The highest BCUT2D eigenvalue weighted by Gasteiger charge is 2.18. The zero-order valence-corrected chi connectivity index (χ0v) is 22.6.